The van der Waals surface area contributed by atoms with Gasteiger partial charge in [-0.25, -0.2) is 12.8 Å². The summed E-state index contributed by atoms with van der Waals surface area (Å²) in [5.74, 6) is -2.02. The van der Waals surface area contributed by atoms with Gasteiger partial charge in [-0.3, -0.25) is 14.3 Å². The number of halogens is 1. The summed E-state index contributed by atoms with van der Waals surface area (Å²) >= 11 is 0. The van der Waals surface area contributed by atoms with Gasteiger partial charge in [0.1, 0.15) is 5.82 Å². The molecule has 0 aliphatic heterocycles. The van der Waals surface area contributed by atoms with Gasteiger partial charge >= 0.3 is 5.97 Å². The minimum atomic E-state index is -4.01. The van der Waals surface area contributed by atoms with Crippen molar-refractivity contribution in [3.8, 4) is 0 Å². The highest BCUT2D eigenvalue weighted by Crippen LogP contribution is 2.39. The molecule has 0 atom stereocenters. The maximum Gasteiger partial charge on any atom is 0.310 e. The molecule has 31 heavy (non-hydrogen) atoms. The van der Waals surface area contributed by atoms with Gasteiger partial charge in [0.25, 0.3) is 10.0 Å². The van der Waals surface area contributed by atoms with Gasteiger partial charge in [0.15, 0.2) is 0 Å². The molecule has 166 valence electrons. The summed E-state index contributed by atoms with van der Waals surface area (Å²) in [4.78, 5) is 24.6. The van der Waals surface area contributed by atoms with E-state index in [2.05, 4.69) is 10.0 Å². The van der Waals surface area contributed by atoms with E-state index in [0.717, 1.165) is 49.9 Å². The summed E-state index contributed by atoms with van der Waals surface area (Å²) in [5, 5.41) is 12.4. The molecule has 3 rings (SSSR count). The second-order valence-electron chi connectivity index (χ2n) is 7.83. The zero-order valence-electron chi connectivity index (χ0n) is 16.9. The molecular weight excluding hydrogens is 423 g/mol. The van der Waals surface area contributed by atoms with E-state index in [1.807, 2.05) is 0 Å². The van der Waals surface area contributed by atoms with Gasteiger partial charge in [0.2, 0.25) is 5.91 Å². The van der Waals surface area contributed by atoms with E-state index in [4.69, 9.17) is 0 Å². The zero-order chi connectivity index (χ0) is 22.5. The highest BCUT2D eigenvalue weighted by atomic mass is 32.2. The van der Waals surface area contributed by atoms with Crippen molar-refractivity contribution < 1.29 is 27.5 Å². The largest absolute Gasteiger partial charge is 0.481 e. The molecule has 1 fully saturated rings. The first kappa shape index (κ1) is 22.7. The molecule has 9 heteroatoms. The van der Waals surface area contributed by atoms with Crippen LogP contribution in [0.25, 0.3) is 0 Å². The monoisotopic (exact) mass is 448 g/mol. The number of carbonyl (C=O) groups excluding carboxylic acids is 1. The number of aliphatic carboxylic acids is 1. The van der Waals surface area contributed by atoms with Crippen LogP contribution in [0.15, 0.2) is 53.4 Å². The summed E-state index contributed by atoms with van der Waals surface area (Å²) in [7, 11) is -4.01. The Balaban J connectivity index is 1.77. The summed E-state index contributed by atoms with van der Waals surface area (Å²) in [6, 6.07) is 10.6. The SMILES string of the molecule is O=C(CC1(C(=O)O)CCCCCC1)Nc1ccccc1NS(=O)(=O)c1ccc(F)cc1. The van der Waals surface area contributed by atoms with Crippen LogP contribution in [0.4, 0.5) is 15.8 Å². The standard InChI is InChI=1S/C22H25FN2O5S/c23-16-9-11-17(12-10-16)31(29,30)25-19-8-4-3-7-18(19)24-20(26)15-22(21(27)28)13-5-1-2-6-14-22/h3-4,7-12,25H,1-2,5-6,13-15H2,(H,24,26)(H,27,28). The molecule has 0 radical (unpaired) electrons. The highest BCUT2D eigenvalue weighted by Gasteiger charge is 2.40. The van der Waals surface area contributed by atoms with E-state index < -0.39 is 33.1 Å². The Bertz CT molecular complexity index is 1050. The highest BCUT2D eigenvalue weighted by molar-refractivity contribution is 7.92. The van der Waals surface area contributed by atoms with Crippen LogP contribution < -0.4 is 10.0 Å². The summed E-state index contributed by atoms with van der Waals surface area (Å²) in [5.41, 5.74) is -0.763. The van der Waals surface area contributed by atoms with Crippen molar-refractivity contribution in [2.24, 2.45) is 5.41 Å². The van der Waals surface area contributed by atoms with Crippen molar-refractivity contribution in [3.63, 3.8) is 0 Å². The van der Waals surface area contributed by atoms with E-state index in [0.29, 0.717) is 12.8 Å². The van der Waals surface area contributed by atoms with Crippen molar-refractivity contribution in [2.45, 2.75) is 49.8 Å². The van der Waals surface area contributed by atoms with Gasteiger partial charge in [0, 0.05) is 6.42 Å². The van der Waals surface area contributed by atoms with Gasteiger partial charge < -0.3 is 10.4 Å². The predicted octanol–water partition coefficient (Wildman–Crippen LogP) is 4.38. The summed E-state index contributed by atoms with van der Waals surface area (Å²) < 4.78 is 40.7. The average molecular weight is 449 g/mol. The fraction of sp³-hybridized carbons (Fsp3) is 0.364. The second-order valence-corrected chi connectivity index (χ2v) is 9.51. The lowest BCUT2D eigenvalue weighted by Crippen LogP contribution is -2.35. The van der Waals surface area contributed by atoms with Gasteiger partial charge in [-0.15, -0.1) is 0 Å². The minimum absolute atomic E-state index is 0.127. The second kappa shape index (κ2) is 9.47. The average Bonchev–Trinajstić information content (AvgIpc) is 2.96. The van der Waals surface area contributed by atoms with E-state index in [1.165, 1.54) is 12.1 Å². The van der Waals surface area contributed by atoms with Crippen LogP contribution in [0.5, 0.6) is 0 Å². The number of sulfonamides is 1. The number of carboxylic acids is 1. The molecule has 0 aromatic heterocycles. The fourth-order valence-corrected chi connectivity index (χ4v) is 4.95. The maximum atomic E-state index is 13.1. The van der Waals surface area contributed by atoms with Gasteiger partial charge in [-0.1, -0.05) is 37.8 Å². The van der Waals surface area contributed by atoms with E-state index in [9.17, 15) is 27.5 Å². The predicted molar refractivity (Wildman–Crippen MR) is 115 cm³/mol. The molecule has 3 N–H and O–H groups in total. The van der Waals surface area contributed by atoms with Crippen LogP contribution in [0.2, 0.25) is 0 Å². The first-order valence-corrected chi connectivity index (χ1v) is 11.6. The van der Waals surface area contributed by atoms with Crippen LogP contribution >= 0.6 is 0 Å². The van der Waals surface area contributed by atoms with Gasteiger partial charge in [0.05, 0.1) is 21.7 Å². The van der Waals surface area contributed by atoms with Crippen molar-refractivity contribution >= 4 is 33.3 Å². The van der Waals surface area contributed by atoms with Gasteiger partial charge in [-0.05, 0) is 49.2 Å². The number of amides is 1. The number of hydrogen-bond acceptors (Lipinski definition) is 4. The Hall–Kier alpha value is -2.94. The Morgan fingerprint density at radius 3 is 2.10 bits per heavy atom. The lowest BCUT2D eigenvalue weighted by molar-refractivity contribution is -0.152. The third-order valence-electron chi connectivity index (χ3n) is 5.58. The smallest absolute Gasteiger partial charge is 0.310 e. The molecule has 1 saturated carbocycles. The number of hydrogen-bond donors (Lipinski definition) is 3. The molecule has 0 unspecified atom stereocenters. The molecule has 0 saturated heterocycles. The van der Waals surface area contributed by atoms with Crippen LogP contribution in [-0.2, 0) is 19.6 Å². The first-order valence-electron chi connectivity index (χ1n) is 10.1. The van der Waals surface area contributed by atoms with Crippen molar-refractivity contribution in [1.82, 2.24) is 0 Å². The third kappa shape index (κ3) is 5.61. The molecular formula is C22H25FN2O5S. The van der Waals surface area contributed by atoms with Crippen LogP contribution in [0.3, 0.4) is 0 Å². The van der Waals surface area contributed by atoms with Crippen LogP contribution in [0, 0.1) is 11.2 Å². The lowest BCUT2D eigenvalue weighted by atomic mass is 9.77. The molecule has 2 aromatic carbocycles. The minimum Gasteiger partial charge on any atom is -0.481 e. The van der Waals surface area contributed by atoms with E-state index in [-0.39, 0.29) is 22.7 Å². The number of rotatable bonds is 7. The van der Waals surface area contributed by atoms with Crippen molar-refractivity contribution in [3.05, 3.63) is 54.3 Å². The maximum absolute atomic E-state index is 13.1. The Kier molecular flexibility index (Phi) is 6.94. The van der Waals surface area contributed by atoms with Crippen LogP contribution in [-0.4, -0.2) is 25.4 Å². The molecule has 7 nitrogen and oxygen atoms in total. The van der Waals surface area contributed by atoms with Crippen molar-refractivity contribution in [1.29, 1.82) is 0 Å². The topological polar surface area (TPSA) is 113 Å². The zero-order valence-corrected chi connectivity index (χ0v) is 17.8. The number of carboxylic acid groups (broad SMARTS) is 1. The molecule has 2 aromatic rings. The lowest BCUT2D eigenvalue weighted by Gasteiger charge is -2.27. The number of nitrogens with one attached hydrogen (secondary N) is 2. The molecule has 0 heterocycles. The Morgan fingerprint density at radius 1 is 0.935 bits per heavy atom. The Labute approximate surface area is 180 Å². The number of benzene rings is 2. The normalized spacial score (nSPS) is 16.2. The summed E-state index contributed by atoms with van der Waals surface area (Å²) in [6.07, 6.45) is 4.11. The Morgan fingerprint density at radius 2 is 1.52 bits per heavy atom. The van der Waals surface area contributed by atoms with Crippen LogP contribution in [0.1, 0.15) is 44.9 Å². The molecule has 0 bridgehead atoms. The molecule has 1 aliphatic rings. The fourth-order valence-electron chi connectivity index (χ4n) is 3.87. The van der Waals surface area contributed by atoms with Gasteiger partial charge in [-0.2, -0.15) is 0 Å². The first-order chi connectivity index (χ1) is 14.7. The summed E-state index contributed by atoms with van der Waals surface area (Å²) in [6.45, 7) is 0. The molecule has 1 amide bonds. The number of para-hydroxylation sites is 2. The molecule has 0 spiro atoms. The number of anilines is 2. The third-order valence-corrected chi connectivity index (χ3v) is 6.96. The number of carbonyl (C=O) groups is 2. The van der Waals surface area contributed by atoms with Crippen molar-refractivity contribution in [2.75, 3.05) is 10.0 Å². The quantitative estimate of drug-likeness (QED) is 0.544. The van der Waals surface area contributed by atoms with E-state index in [1.54, 1.807) is 12.1 Å². The molecule has 1 aliphatic carbocycles. The van der Waals surface area contributed by atoms with E-state index >= 15 is 0 Å².